The van der Waals surface area contributed by atoms with Gasteiger partial charge in [-0.15, -0.1) is 0 Å². The number of esters is 1. The van der Waals surface area contributed by atoms with Gasteiger partial charge in [0.05, 0.1) is 6.61 Å². The summed E-state index contributed by atoms with van der Waals surface area (Å²) in [7, 11) is 0. The first-order valence-electron chi connectivity index (χ1n) is 5.01. The summed E-state index contributed by atoms with van der Waals surface area (Å²) in [5.74, 6) is -0.0908. The van der Waals surface area contributed by atoms with Crippen molar-refractivity contribution in [2.75, 3.05) is 6.61 Å². The van der Waals surface area contributed by atoms with Gasteiger partial charge in [0, 0.05) is 12.4 Å². The molecule has 0 atom stereocenters. The highest BCUT2D eigenvalue weighted by Gasteiger charge is 2.07. The van der Waals surface area contributed by atoms with Crippen LogP contribution in [0.4, 0.5) is 0 Å². The molecule has 0 aromatic carbocycles. The topological polar surface area (TPSA) is 55.0 Å². The Hall–Kier alpha value is -1.32. The highest BCUT2D eigenvalue weighted by molar-refractivity contribution is 5.84. The molecule has 4 nitrogen and oxygen atoms in total. The Kier molecular flexibility index (Phi) is 4.75. The lowest BCUT2D eigenvalue weighted by molar-refractivity contribution is 0.0485. The van der Waals surface area contributed by atoms with Crippen molar-refractivity contribution in [2.45, 2.75) is 32.6 Å². The van der Waals surface area contributed by atoms with Crippen LogP contribution >= 0.6 is 0 Å². The van der Waals surface area contributed by atoms with Crippen LogP contribution in [0.3, 0.4) is 0 Å². The minimum atomic E-state index is -0.369. The minimum Gasteiger partial charge on any atom is -0.460 e. The molecule has 0 aliphatic carbocycles. The fraction of sp³-hybridized carbons (Fsp3) is 0.600. The van der Waals surface area contributed by atoms with Crippen LogP contribution in [0.25, 0.3) is 0 Å². The number of unbranched alkanes of at least 4 members (excludes halogenated alkanes) is 3. The number of ether oxygens (including phenoxy) is 1. The number of hydrogen-bond acceptors (Lipinski definition) is 3. The van der Waals surface area contributed by atoms with Gasteiger partial charge in [-0.2, -0.15) is 0 Å². The molecule has 0 bridgehead atoms. The lowest BCUT2D eigenvalue weighted by Crippen LogP contribution is -2.08. The van der Waals surface area contributed by atoms with E-state index in [2.05, 4.69) is 16.9 Å². The molecule has 78 valence electrons. The summed E-state index contributed by atoms with van der Waals surface area (Å²) < 4.78 is 5.00. The molecule has 4 heteroatoms. The van der Waals surface area contributed by atoms with Crippen LogP contribution in [-0.2, 0) is 4.74 Å². The average Bonchev–Trinajstić information content (AvgIpc) is 2.70. The monoisotopic (exact) mass is 196 g/mol. The van der Waals surface area contributed by atoms with Crippen LogP contribution in [0, 0.1) is 0 Å². The number of nitrogens with one attached hydrogen (secondary N) is 1. The third-order valence-electron chi connectivity index (χ3n) is 1.92. The molecule has 0 radical (unpaired) electrons. The number of imidazole rings is 1. The lowest BCUT2D eigenvalue weighted by atomic mass is 10.2. The van der Waals surface area contributed by atoms with Gasteiger partial charge in [0.15, 0.2) is 0 Å². The predicted molar refractivity (Wildman–Crippen MR) is 53.0 cm³/mol. The molecule has 1 rings (SSSR count). The van der Waals surface area contributed by atoms with Crippen molar-refractivity contribution < 1.29 is 9.53 Å². The Labute approximate surface area is 83.7 Å². The molecular formula is C10H16N2O2. The highest BCUT2D eigenvalue weighted by atomic mass is 16.5. The molecule has 0 saturated heterocycles. The van der Waals surface area contributed by atoms with Crippen molar-refractivity contribution >= 4 is 5.97 Å². The summed E-state index contributed by atoms with van der Waals surface area (Å²) in [6, 6.07) is 0. The maximum absolute atomic E-state index is 11.2. The van der Waals surface area contributed by atoms with Crippen molar-refractivity contribution in [1.29, 1.82) is 0 Å². The van der Waals surface area contributed by atoms with Crippen molar-refractivity contribution in [1.82, 2.24) is 9.97 Å². The van der Waals surface area contributed by atoms with E-state index in [1.54, 1.807) is 6.20 Å². The Balaban J connectivity index is 2.10. The molecule has 0 fully saturated rings. The normalized spacial score (nSPS) is 10.1. The summed E-state index contributed by atoms with van der Waals surface area (Å²) in [6.45, 7) is 2.63. The number of carbonyl (C=O) groups excluding carboxylic acids is 1. The summed E-state index contributed by atoms with van der Waals surface area (Å²) in [5, 5.41) is 0. The van der Waals surface area contributed by atoms with E-state index >= 15 is 0 Å². The number of hydrogen-bond donors (Lipinski definition) is 1. The van der Waals surface area contributed by atoms with Crippen LogP contribution in [0.15, 0.2) is 12.4 Å². The lowest BCUT2D eigenvalue weighted by Gasteiger charge is -2.01. The van der Waals surface area contributed by atoms with E-state index in [1.807, 2.05) is 0 Å². The van der Waals surface area contributed by atoms with E-state index in [-0.39, 0.29) is 11.8 Å². The number of rotatable bonds is 6. The second kappa shape index (κ2) is 6.18. The Morgan fingerprint density at radius 3 is 3.00 bits per heavy atom. The molecule has 14 heavy (non-hydrogen) atoms. The summed E-state index contributed by atoms with van der Waals surface area (Å²) in [6.07, 6.45) is 7.56. The average molecular weight is 196 g/mol. The molecule has 1 N–H and O–H groups in total. The number of aromatic nitrogens is 2. The predicted octanol–water partition coefficient (Wildman–Crippen LogP) is 2.15. The van der Waals surface area contributed by atoms with Gasteiger partial charge in [0.1, 0.15) is 0 Å². The molecule has 0 aliphatic heterocycles. The van der Waals surface area contributed by atoms with Gasteiger partial charge >= 0.3 is 5.97 Å². The second-order valence-electron chi connectivity index (χ2n) is 3.13. The Bertz CT molecular complexity index is 257. The zero-order chi connectivity index (χ0) is 10.2. The standard InChI is InChI=1S/C10H16N2O2/c1-2-3-4-5-8-14-10(13)9-11-6-7-12-9/h6-7H,2-5,8H2,1H3,(H,11,12). The van der Waals surface area contributed by atoms with Crippen molar-refractivity contribution in [3.63, 3.8) is 0 Å². The second-order valence-corrected chi connectivity index (χ2v) is 3.13. The van der Waals surface area contributed by atoms with Crippen LogP contribution in [0.2, 0.25) is 0 Å². The first-order chi connectivity index (χ1) is 6.84. The minimum absolute atomic E-state index is 0.278. The van der Waals surface area contributed by atoms with E-state index in [0.717, 1.165) is 12.8 Å². The maximum atomic E-state index is 11.2. The Morgan fingerprint density at radius 2 is 2.36 bits per heavy atom. The van der Waals surface area contributed by atoms with E-state index < -0.39 is 0 Å². The van der Waals surface area contributed by atoms with E-state index in [4.69, 9.17) is 4.74 Å². The molecule has 0 saturated carbocycles. The zero-order valence-corrected chi connectivity index (χ0v) is 8.45. The highest BCUT2D eigenvalue weighted by Crippen LogP contribution is 2.00. The SMILES string of the molecule is CCCCCCOC(=O)c1ncc[nH]1. The van der Waals surface area contributed by atoms with Crippen molar-refractivity contribution in [3.05, 3.63) is 18.2 Å². The first-order valence-corrected chi connectivity index (χ1v) is 5.01. The number of carbonyl (C=O) groups is 1. The molecule has 0 spiro atoms. The summed E-state index contributed by atoms with van der Waals surface area (Å²) in [4.78, 5) is 17.7. The third kappa shape index (κ3) is 3.60. The van der Waals surface area contributed by atoms with Gasteiger partial charge in [-0.3, -0.25) is 0 Å². The largest absolute Gasteiger partial charge is 0.460 e. The van der Waals surface area contributed by atoms with E-state index in [0.29, 0.717) is 6.61 Å². The summed E-state index contributed by atoms with van der Waals surface area (Å²) in [5.41, 5.74) is 0. The van der Waals surface area contributed by atoms with Gasteiger partial charge in [0.2, 0.25) is 5.82 Å². The number of aromatic amines is 1. The molecule has 0 aliphatic rings. The van der Waals surface area contributed by atoms with Gasteiger partial charge in [0.25, 0.3) is 0 Å². The van der Waals surface area contributed by atoms with Crippen LogP contribution < -0.4 is 0 Å². The van der Waals surface area contributed by atoms with Gasteiger partial charge in [-0.25, -0.2) is 9.78 Å². The molecule has 1 aromatic rings. The molecule has 1 aromatic heterocycles. The van der Waals surface area contributed by atoms with Crippen LogP contribution in [-0.4, -0.2) is 22.5 Å². The van der Waals surface area contributed by atoms with E-state index in [1.165, 1.54) is 19.0 Å². The maximum Gasteiger partial charge on any atom is 0.374 e. The third-order valence-corrected chi connectivity index (χ3v) is 1.92. The van der Waals surface area contributed by atoms with Gasteiger partial charge < -0.3 is 9.72 Å². The molecule has 0 amide bonds. The summed E-state index contributed by atoms with van der Waals surface area (Å²) >= 11 is 0. The van der Waals surface area contributed by atoms with Crippen LogP contribution in [0.5, 0.6) is 0 Å². The number of nitrogens with zero attached hydrogens (tertiary/aromatic N) is 1. The number of H-pyrrole nitrogens is 1. The van der Waals surface area contributed by atoms with Crippen molar-refractivity contribution in [3.8, 4) is 0 Å². The molecular weight excluding hydrogens is 180 g/mol. The Morgan fingerprint density at radius 1 is 1.50 bits per heavy atom. The zero-order valence-electron chi connectivity index (χ0n) is 8.45. The quantitative estimate of drug-likeness (QED) is 0.560. The first kappa shape index (κ1) is 10.8. The van der Waals surface area contributed by atoms with Crippen molar-refractivity contribution in [2.24, 2.45) is 0 Å². The smallest absolute Gasteiger partial charge is 0.374 e. The molecule has 0 unspecified atom stereocenters. The fourth-order valence-electron chi connectivity index (χ4n) is 1.14. The fourth-order valence-corrected chi connectivity index (χ4v) is 1.14. The van der Waals surface area contributed by atoms with Crippen LogP contribution in [0.1, 0.15) is 43.2 Å². The van der Waals surface area contributed by atoms with E-state index in [9.17, 15) is 4.79 Å². The van der Waals surface area contributed by atoms with Gasteiger partial charge in [-0.1, -0.05) is 26.2 Å². The molecule has 1 heterocycles. The van der Waals surface area contributed by atoms with Gasteiger partial charge in [-0.05, 0) is 6.42 Å².